The molecule has 2 aliphatic rings. The predicted octanol–water partition coefficient (Wildman–Crippen LogP) is 6.58. The van der Waals surface area contributed by atoms with E-state index >= 15 is 0 Å². The number of alkyl carbamates (subject to hydrolysis) is 1. The van der Waals surface area contributed by atoms with Gasteiger partial charge in [0.25, 0.3) is 0 Å². The van der Waals surface area contributed by atoms with Crippen LogP contribution < -0.4 is 21.7 Å². The summed E-state index contributed by atoms with van der Waals surface area (Å²) in [5.41, 5.74) is 10.1. The number of aromatic nitrogens is 2. The number of fused-ring (bicyclic) bond motifs is 2. The number of unbranched alkanes of at least 4 members (excludes halogenated alkanes) is 2. The topological polar surface area (TPSA) is 173 Å². The van der Waals surface area contributed by atoms with Crippen LogP contribution in [0.3, 0.4) is 0 Å². The molecule has 4 heterocycles. The molecule has 5 N–H and O–H groups in total. The molecule has 2 aliphatic heterocycles. The molecule has 0 saturated carbocycles. The second-order valence-electron chi connectivity index (χ2n) is 15.7. The van der Waals surface area contributed by atoms with Crippen LogP contribution in [0.4, 0.5) is 16.4 Å². The Morgan fingerprint density at radius 1 is 0.780 bits per heavy atom. The summed E-state index contributed by atoms with van der Waals surface area (Å²) in [6.45, 7) is 10.7. The number of carbonyl (C=O) groups is 3. The van der Waals surface area contributed by atoms with E-state index in [0.29, 0.717) is 19.4 Å². The van der Waals surface area contributed by atoms with Gasteiger partial charge < -0.3 is 45.7 Å². The van der Waals surface area contributed by atoms with Crippen molar-refractivity contribution in [1.29, 1.82) is 0 Å². The number of methoxy groups -OCH3 is 2. The first kappa shape index (κ1) is 53.9. The fraction of sp³-hybridized carbons (Fsp3) is 0.690. The van der Waals surface area contributed by atoms with Gasteiger partial charge in [0.2, 0.25) is 0 Å². The summed E-state index contributed by atoms with van der Waals surface area (Å²) in [5.74, 6) is 1.32. The maximum Gasteiger partial charge on any atom is 0.408 e. The molecule has 0 aliphatic carbocycles. The highest BCUT2D eigenvalue weighted by molar-refractivity contribution is 6.40. The Bertz CT molecular complexity index is 1520. The van der Waals surface area contributed by atoms with E-state index in [2.05, 4.69) is 61.8 Å². The first-order valence-electron chi connectivity index (χ1n) is 20.5. The summed E-state index contributed by atoms with van der Waals surface area (Å²) in [6.07, 6.45) is 11.3. The number of esters is 2. The number of rotatable bonds is 19. The summed E-state index contributed by atoms with van der Waals surface area (Å²) in [4.78, 5) is 49.1. The van der Waals surface area contributed by atoms with Crippen molar-refractivity contribution in [2.24, 2.45) is 5.73 Å². The summed E-state index contributed by atoms with van der Waals surface area (Å²) in [6, 6.07) is 7.45. The van der Waals surface area contributed by atoms with Crippen LogP contribution in [0.1, 0.15) is 94.7 Å². The van der Waals surface area contributed by atoms with Gasteiger partial charge in [0.05, 0.1) is 19.6 Å². The van der Waals surface area contributed by atoms with E-state index in [1.165, 1.54) is 43.9 Å². The molecule has 1 amide bonds. The monoisotopic (exact) mass is 888 g/mol. The first-order valence-corrected chi connectivity index (χ1v) is 21.6. The van der Waals surface area contributed by atoms with Crippen molar-refractivity contribution in [3.63, 3.8) is 0 Å². The Labute approximate surface area is 369 Å². The van der Waals surface area contributed by atoms with Gasteiger partial charge in [-0.3, -0.25) is 4.79 Å². The van der Waals surface area contributed by atoms with E-state index < -0.39 is 29.7 Å². The summed E-state index contributed by atoms with van der Waals surface area (Å²) in [5, 5.41) is 9.58. The third kappa shape index (κ3) is 22.9. The number of carbonyl (C=O) groups excluding carboxylic acids is 3. The van der Waals surface area contributed by atoms with Gasteiger partial charge in [0.15, 0.2) is 0 Å². The molecule has 336 valence electrons. The molecule has 2 aromatic rings. The maximum atomic E-state index is 12.0. The van der Waals surface area contributed by atoms with Gasteiger partial charge in [-0.25, -0.2) is 19.6 Å². The Morgan fingerprint density at radius 3 is 1.68 bits per heavy atom. The molecule has 0 radical (unpaired) electrons. The SMILES string of the molecule is COC(=O)[C@@H](N)CCN(C)CCCCc1ccc2c(n1)NCCC2.COC(=O)[C@H](CCN(C)CCCCc1ccc2c(n1)NCCC2)NC(=O)OC(C)(C)C.Cl.ClCCl. The molecular formula is C42H71Cl3N8O6. The lowest BCUT2D eigenvalue weighted by Gasteiger charge is -2.24. The van der Waals surface area contributed by atoms with E-state index in [-0.39, 0.29) is 23.7 Å². The van der Waals surface area contributed by atoms with Gasteiger partial charge >= 0.3 is 18.0 Å². The third-order valence-electron chi connectivity index (χ3n) is 9.65. The molecule has 0 bridgehead atoms. The van der Waals surface area contributed by atoms with Crippen LogP contribution in [0.2, 0.25) is 0 Å². The third-order valence-corrected chi connectivity index (χ3v) is 9.65. The van der Waals surface area contributed by atoms with Crippen molar-refractivity contribution in [3.8, 4) is 0 Å². The Hall–Kier alpha value is -3.14. The lowest BCUT2D eigenvalue weighted by molar-refractivity contribution is -0.143. The molecule has 4 rings (SSSR count). The summed E-state index contributed by atoms with van der Waals surface area (Å²) >= 11 is 9.53. The number of pyridine rings is 2. The zero-order chi connectivity index (χ0) is 42.9. The van der Waals surface area contributed by atoms with E-state index in [0.717, 1.165) is 101 Å². The fourth-order valence-corrected chi connectivity index (χ4v) is 6.43. The van der Waals surface area contributed by atoms with Crippen LogP contribution in [0.5, 0.6) is 0 Å². The Morgan fingerprint density at radius 2 is 1.24 bits per heavy atom. The van der Waals surface area contributed by atoms with Gasteiger partial charge in [-0.1, -0.05) is 12.1 Å². The van der Waals surface area contributed by atoms with Gasteiger partial charge in [-0.2, -0.15) is 0 Å². The molecule has 0 fully saturated rings. The Balaban J connectivity index is 0.000000558. The van der Waals surface area contributed by atoms with Crippen molar-refractivity contribution >= 4 is 65.3 Å². The number of nitrogens with zero attached hydrogens (tertiary/aromatic N) is 4. The van der Waals surface area contributed by atoms with Crippen LogP contribution in [0.25, 0.3) is 0 Å². The van der Waals surface area contributed by atoms with Crippen LogP contribution in [-0.2, 0) is 49.5 Å². The van der Waals surface area contributed by atoms with Gasteiger partial charge in [-0.05, 0) is 155 Å². The summed E-state index contributed by atoms with van der Waals surface area (Å²) in [7, 11) is 6.77. The van der Waals surface area contributed by atoms with Crippen molar-refractivity contribution in [2.45, 2.75) is 116 Å². The molecule has 59 heavy (non-hydrogen) atoms. The van der Waals surface area contributed by atoms with Gasteiger partial charge in [0, 0.05) is 31.0 Å². The van der Waals surface area contributed by atoms with Gasteiger partial charge in [0.1, 0.15) is 29.3 Å². The van der Waals surface area contributed by atoms with Crippen LogP contribution in [0, 0.1) is 0 Å². The molecule has 0 unspecified atom stereocenters. The van der Waals surface area contributed by atoms with E-state index in [9.17, 15) is 14.4 Å². The largest absolute Gasteiger partial charge is 0.468 e. The molecule has 14 nitrogen and oxygen atoms in total. The normalized spacial score (nSPS) is 13.9. The second kappa shape index (κ2) is 30.0. The number of ether oxygens (including phenoxy) is 3. The maximum absolute atomic E-state index is 12.0. The van der Waals surface area contributed by atoms with Crippen LogP contribution in [-0.4, -0.2) is 128 Å². The molecule has 17 heteroatoms. The molecule has 2 aromatic heterocycles. The van der Waals surface area contributed by atoms with Crippen molar-refractivity contribution in [1.82, 2.24) is 25.1 Å². The van der Waals surface area contributed by atoms with Crippen molar-refractivity contribution in [3.05, 3.63) is 46.8 Å². The lowest BCUT2D eigenvalue weighted by atomic mass is 10.1. The number of nitrogens with two attached hydrogens (primary N) is 1. The highest BCUT2D eigenvalue weighted by Gasteiger charge is 2.25. The molecular weight excluding hydrogens is 819 g/mol. The number of anilines is 2. The second-order valence-corrected chi connectivity index (χ2v) is 16.5. The van der Waals surface area contributed by atoms with Crippen molar-refractivity contribution in [2.75, 3.05) is 83.6 Å². The smallest absolute Gasteiger partial charge is 0.408 e. The van der Waals surface area contributed by atoms with E-state index in [1.807, 2.05) is 7.05 Å². The number of hydrogen-bond acceptors (Lipinski definition) is 13. The van der Waals surface area contributed by atoms with Crippen LogP contribution in [0.15, 0.2) is 24.3 Å². The standard InChI is InChI=1S/C23H38N4O4.C18H30N4O2.CH2Cl2.ClH/c1-23(2,3)31-22(29)26-19(21(28)30-5)13-16-27(4)15-7-6-10-18-12-11-17-9-8-14-24-20(17)25-18;1-22(13-10-16(19)18(23)24-2)12-4-3-7-15-9-8-14-6-5-11-20-17(14)21-15;2-1-3;/h11-12,19H,6-10,13-16H2,1-5H3,(H,24,25)(H,26,29);8-9,16H,3-7,10-13,19H2,1-2H3,(H,20,21);1H2;1H/t19-;16-;;/m00../s1. The number of aryl methyl sites for hydroxylation is 4. The predicted molar refractivity (Wildman–Crippen MR) is 241 cm³/mol. The number of hydrogen-bond donors (Lipinski definition) is 4. The molecule has 2 atom stereocenters. The van der Waals surface area contributed by atoms with E-state index in [4.69, 9.17) is 48.4 Å². The molecule has 0 spiro atoms. The minimum Gasteiger partial charge on any atom is -0.468 e. The molecule has 0 saturated heterocycles. The number of halogens is 3. The van der Waals surface area contributed by atoms with E-state index in [1.54, 1.807) is 20.8 Å². The minimum atomic E-state index is -0.727. The van der Waals surface area contributed by atoms with Crippen molar-refractivity contribution < 1.29 is 28.6 Å². The highest BCUT2D eigenvalue weighted by atomic mass is 35.5. The highest BCUT2D eigenvalue weighted by Crippen LogP contribution is 2.21. The lowest BCUT2D eigenvalue weighted by Crippen LogP contribution is -2.45. The number of alkyl halides is 2. The van der Waals surface area contributed by atoms with Gasteiger partial charge in [-0.15, -0.1) is 35.6 Å². The molecule has 0 aromatic carbocycles. The average molecular weight is 890 g/mol. The zero-order valence-corrected chi connectivity index (χ0v) is 38.7. The quantitative estimate of drug-likeness (QED) is 0.0517. The zero-order valence-electron chi connectivity index (χ0n) is 36.4. The number of amides is 1. The average Bonchev–Trinajstić information content (AvgIpc) is 3.20. The van der Waals surface area contributed by atoms with Crippen LogP contribution >= 0.6 is 35.6 Å². The summed E-state index contributed by atoms with van der Waals surface area (Å²) < 4.78 is 14.7. The number of nitrogens with one attached hydrogen (secondary N) is 3. The Kier molecular flexibility index (Phi) is 27.4. The fourth-order valence-electron chi connectivity index (χ4n) is 6.43. The first-order chi connectivity index (χ1) is 27.7. The minimum absolute atomic E-state index is 0.